The normalized spacial score (nSPS) is 13.6. The summed E-state index contributed by atoms with van der Waals surface area (Å²) < 4.78 is 13.6. The summed E-state index contributed by atoms with van der Waals surface area (Å²) in [6.07, 6.45) is 1.37. The standard InChI is InChI=1S/C12H15FN2O/c1-7(6-14)12(8(2)15)10-4-3-9(16)5-11(10)13/h3-6,16H,14-15H2,1-2H3/b7-6-,12-8+. The highest BCUT2D eigenvalue weighted by Gasteiger charge is 2.12. The number of hydrogen-bond donors (Lipinski definition) is 3. The molecule has 0 spiro atoms. The van der Waals surface area contributed by atoms with Crippen molar-refractivity contribution in [2.75, 3.05) is 0 Å². The van der Waals surface area contributed by atoms with E-state index in [1.165, 1.54) is 18.3 Å². The summed E-state index contributed by atoms with van der Waals surface area (Å²) in [6, 6.07) is 3.93. The minimum Gasteiger partial charge on any atom is -0.508 e. The van der Waals surface area contributed by atoms with Gasteiger partial charge in [0.15, 0.2) is 0 Å². The molecule has 1 aromatic rings. The van der Waals surface area contributed by atoms with E-state index in [2.05, 4.69) is 0 Å². The molecule has 16 heavy (non-hydrogen) atoms. The van der Waals surface area contributed by atoms with E-state index in [-0.39, 0.29) is 5.75 Å². The van der Waals surface area contributed by atoms with Gasteiger partial charge in [-0.2, -0.15) is 0 Å². The zero-order valence-electron chi connectivity index (χ0n) is 9.29. The first kappa shape index (κ1) is 12.1. The quantitative estimate of drug-likeness (QED) is 0.671. The van der Waals surface area contributed by atoms with E-state index < -0.39 is 5.82 Å². The Morgan fingerprint density at radius 1 is 1.38 bits per heavy atom. The number of halogens is 1. The van der Waals surface area contributed by atoms with Crippen LogP contribution in [0, 0.1) is 5.82 Å². The van der Waals surface area contributed by atoms with Gasteiger partial charge in [0.1, 0.15) is 11.6 Å². The molecule has 0 heterocycles. The lowest BCUT2D eigenvalue weighted by Gasteiger charge is -2.11. The third kappa shape index (κ3) is 2.34. The topological polar surface area (TPSA) is 72.3 Å². The first-order valence-electron chi connectivity index (χ1n) is 4.81. The van der Waals surface area contributed by atoms with Crippen molar-refractivity contribution >= 4 is 5.57 Å². The van der Waals surface area contributed by atoms with Crippen LogP contribution in [-0.2, 0) is 0 Å². The molecule has 0 atom stereocenters. The Morgan fingerprint density at radius 2 is 2.00 bits per heavy atom. The molecule has 0 aliphatic heterocycles. The second-order valence-corrected chi connectivity index (χ2v) is 3.57. The van der Waals surface area contributed by atoms with E-state index in [0.717, 1.165) is 6.07 Å². The van der Waals surface area contributed by atoms with Gasteiger partial charge < -0.3 is 16.6 Å². The highest BCUT2D eigenvalue weighted by molar-refractivity contribution is 5.80. The molecule has 0 bridgehead atoms. The zero-order chi connectivity index (χ0) is 12.3. The number of benzene rings is 1. The highest BCUT2D eigenvalue weighted by atomic mass is 19.1. The molecule has 0 fully saturated rings. The van der Waals surface area contributed by atoms with Gasteiger partial charge in [-0.05, 0) is 37.8 Å². The van der Waals surface area contributed by atoms with Crippen LogP contribution in [0.4, 0.5) is 4.39 Å². The smallest absolute Gasteiger partial charge is 0.134 e. The van der Waals surface area contributed by atoms with Crippen LogP contribution in [0.3, 0.4) is 0 Å². The Hall–Kier alpha value is -1.97. The summed E-state index contributed by atoms with van der Waals surface area (Å²) in [5.74, 6) is -0.648. The van der Waals surface area contributed by atoms with Crippen molar-refractivity contribution in [3.63, 3.8) is 0 Å². The van der Waals surface area contributed by atoms with Crippen molar-refractivity contribution in [2.24, 2.45) is 11.5 Å². The van der Waals surface area contributed by atoms with Crippen molar-refractivity contribution in [1.29, 1.82) is 0 Å². The molecule has 4 heteroatoms. The van der Waals surface area contributed by atoms with E-state index >= 15 is 0 Å². The largest absolute Gasteiger partial charge is 0.508 e. The van der Waals surface area contributed by atoms with Crippen molar-refractivity contribution < 1.29 is 9.50 Å². The van der Waals surface area contributed by atoms with E-state index in [0.29, 0.717) is 22.4 Å². The lowest BCUT2D eigenvalue weighted by atomic mass is 9.97. The predicted molar refractivity (Wildman–Crippen MR) is 62.8 cm³/mol. The van der Waals surface area contributed by atoms with Gasteiger partial charge in [-0.1, -0.05) is 0 Å². The first-order chi connectivity index (χ1) is 7.47. The molecule has 1 rings (SSSR count). The van der Waals surface area contributed by atoms with Crippen LogP contribution in [0.25, 0.3) is 5.57 Å². The maximum Gasteiger partial charge on any atom is 0.134 e. The summed E-state index contributed by atoms with van der Waals surface area (Å²) in [4.78, 5) is 0. The minimum atomic E-state index is -0.527. The van der Waals surface area contributed by atoms with Crippen LogP contribution < -0.4 is 11.5 Å². The SMILES string of the molecule is CC(=C/N)/C(=C(/C)N)c1ccc(O)cc1F. The van der Waals surface area contributed by atoms with Gasteiger partial charge in [-0.15, -0.1) is 0 Å². The molecular weight excluding hydrogens is 207 g/mol. The fourth-order valence-corrected chi connectivity index (χ4v) is 1.53. The van der Waals surface area contributed by atoms with Crippen LogP contribution in [0.2, 0.25) is 0 Å². The summed E-state index contributed by atoms with van der Waals surface area (Å²) in [7, 11) is 0. The number of rotatable bonds is 2. The number of hydrogen-bond acceptors (Lipinski definition) is 3. The molecule has 0 aromatic heterocycles. The summed E-state index contributed by atoms with van der Waals surface area (Å²) in [5.41, 5.74) is 13.2. The van der Waals surface area contributed by atoms with Crippen LogP contribution in [0.5, 0.6) is 5.75 Å². The van der Waals surface area contributed by atoms with Crippen molar-refractivity contribution in [3.8, 4) is 5.75 Å². The van der Waals surface area contributed by atoms with E-state index in [1.807, 2.05) is 0 Å². The molecule has 0 aliphatic rings. The molecule has 0 amide bonds. The highest BCUT2D eigenvalue weighted by Crippen LogP contribution is 2.28. The molecule has 0 aliphatic carbocycles. The van der Waals surface area contributed by atoms with Gasteiger partial charge >= 0.3 is 0 Å². The van der Waals surface area contributed by atoms with E-state index in [4.69, 9.17) is 16.6 Å². The van der Waals surface area contributed by atoms with E-state index in [9.17, 15) is 4.39 Å². The zero-order valence-corrected chi connectivity index (χ0v) is 9.29. The molecule has 5 N–H and O–H groups in total. The number of allylic oxidation sites excluding steroid dienone is 3. The average Bonchev–Trinajstić information content (AvgIpc) is 2.21. The molecule has 0 saturated heterocycles. The van der Waals surface area contributed by atoms with Gasteiger partial charge in [0.25, 0.3) is 0 Å². The Morgan fingerprint density at radius 3 is 2.44 bits per heavy atom. The maximum absolute atomic E-state index is 13.6. The molecule has 3 nitrogen and oxygen atoms in total. The Labute approximate surface area is 93.9 Å². The maximum atomic E-state index is 13.6. The summed E-state index contributed by atoms with van der Waals surface area (Å²) in [5, 5.41) is 9.13. The Bertz CT molecular complexity index is 460. The van der Waals surface area contributed by atoms with Crippen molar-refractivity contribution in [3.05, 3.63) is 47.0 Å². The minimum absolute atomic E-state index is 0.121. The third-order valence-electron chi connectivity index (χ3n) is 2.26. The van der Waals surface area contributed by atoms with Gasteiger partial charge in [-0.3, -0.25) is 0 Å². The van der Waals surface area contributed by atoms with Crippen LogP contribution >= 0.6 is 0 Å². The van der Waals surface area contributed by atoms with Gasteiger partial charge in [-0.25, -0.2) is 4.39 Å². The van der Waals surface area contributed by atoms with Crippen LogP contribution in [0.15, 0.2) is 35.7 Å². The molecule has 1 aromatic carbocycles. The summed E-state index contributed by atoms with van der Waals surface area (Å²) in [6.45, 7) is 3.42. The monoisotopic (exact) mass is 222 g/mol. The lowest BCUT2D eigenvalue weighted by molar-refractivity contribution is 0.469. The molecular formula is C12H15FN2O. The average molecular weight is 222 g/mol. The van der Waals surface area contributed by atoms with Gasteiger partial charge in [0.2, 0.25) is 0 Å². The number of phenolic OH excluding ortho intramolecular Hbond substituents is 1. The van der Waals surface area contributed by atoms with Crippen molar-refractivity contribution in [1.82, 2.24) is 0 Å². The Balaban J connectivity index is 3.41. The van der Waals surface area contributed by atoms with Gasteiger partial charge in [0.05, 0.1) is 0 Å². The van der Waals surface area contributed by atoms with Crippen LogP contribution in [0.1, 0.15) is 19.4 Å². The second kappa shape index (κ2) is 4.70. The van der Waals surface area contributed by atoms with E-state index in [1.54, 1.807) is 13.8 Å². The first-order valence-corrected chi connectivity index (χ1v) is 4.81. The fraction of sp³-hybridized carbons (Fsp3) is 0.167. The fourth-order valence-electron chi connectivity index (χ4n) is 1.53. The third-order valence-corrected chi connectivity index (χ3v) is 2.26. The summed E-state index contributed by atoms with van der Waals surface area (Å²) >= 11 is 0. The lowest BCUT2D eigenvalue weighted by Crippen LogP contribution is -2.02. The van der Waals surface area contributed by atoms with Gasteiger partial charge in [0, 0.05) is 22.9 Å². The number of nitrogens with two attached hydrogens (primary N) is 2. The molecule has 86 valence electrons. The molecule has 0 saturated carbocycles. The van der Waals surface area contributed by atoms with Crippen molar-refractivity contribution in [2.45, 2.75) is 13.8 Å². The Kier molecular flexibility index (Phi) is 3.55. The van der Waals surface area contributed by atoms with Crippen LogP contribution in [-0.4, -0.2) is 5.11 Å². The number of aromatic hydroxyl groups is 1. The predicted octanol–water partition coefficient (Wildman–Crippen LogP) is 2.08. The number of phenols is 1. The molecule has 0 radical (unpaired) electrons. The molecule has 0 unspecified atom stereocenters. The second-order valence-electron chi connectivity index (χ2n) is 3.57.